The lowest BCUT2D eigenvalue weighted by Crippen LogP contribution is -2.41. The standard InChI is InChI=1S/C12H23NS2/c1-2-11-12(15-8-7-14-11)10(13)6-5-9-3-4-9/h9-12H,2-8,13H2,1H3. The molecule has 0 amide bonds. The van der Waals surface area contributed by atoms with Crippen LogP contribution < -0.4 is 5.73 Å². The van der Waals surface area contributed by atoms with Gasteiger partial charge in [0.05, 0.1) is 0 Å². The lowest BCUT2D eigenvalue weighted by atomic mass is 10.0. The maximum absolute atomic E-state index is 6.36. The molecule has 0 aromatic heterocycles. The second-order valence-corrected chi connectivity index (χ2v) is 7.47. The van der Waals surface area contributed by atoms with Crippen molar-refractivity contribution >= 4 is 23.5 Å². The van der Waals surface area contributed by atoms with Crippen LogP contribution in [-0.2, 0) is 0 Å². The molecule has 0 aromatic carbocycles. The number of hydrogen-bond acceptors (Lipinski definition) is 3. The number of hydrogen-bond donors (Lipinski definition) is 1. The first-order valence-corrected chi connectivity index (χ1v) is 8.39. The maximum Gasteiger partial charge on any atom is 0.0317 e. The lowest BCUT2D eigenvalue weighted by molar-refractivity contribution is 0.521. The summed E-state index contributed by atoms with van der Waals surface area (Å²) in [6.07, 6.45) is 6.88. The first-order chi connectivity index (χ1) is 7.31. The van der Waals surface area contributed by atoms with Crippen LogP contribution in [-0.4, -0.2) is 28.0 Å². The molecule has 1 saturated heterocycles. The minimum absolute atomic E-state index is 0.452. The summed E-state index contributed by atoms with van der Waals surface area (Å²) in [5, 5.41) is 1.55. The maximum atomic E-state index is 6.36. The van der Waals surface area contributed by atoms with Crippen LogP contribution in [0.1, 0.15) is 39.0 Å². The molecule has 3 unspecified atom stereocenters. The van der Waals surface area contributed by atoms with Crippen molar-refractivity contribution < 1.29 is 0 Å². The summed E-state index contributed by atoms with van der Waals surface area (Å²) in [5.74, 6) is 3.68. The zero-order valence-electron chi connectivity index (χ0n) is 9.65. The van der Waals surface area contributed by atoms with Crippen molar-refractivity contribution in [3.63, 3.8) is 0 Å². The molecule has 1 saturated carbocycles. The fraction of sp³-hybridized carbons (Fsp3) is 1.00. The van der Waals surface area contributed by atoms with Crippen LogP contribution in [0, 0.1) is 5.92 Å². The van der Waals surface area contributed by atoms with Gasteiger partial charge in [0, 0.05) is 28.0 Å². The van der Waals surface area contributed by atoms with Crippen molar-refractivity contribution in [2.45, 2.75) is 55.6 Å². The van der Waals surface area contributed by atoms with Crippen molar-refractivity contribution in [3.05, 3.63) is 0 Å². The number of nitrogens with two attached hydrogens (primary N) is 1. The molecule has 1 heterocycles. The summed E-state index contributed by atoms with van der Waals surface area (Å²) in [5.41, 5.74) is 6.36. The van der Waals surface area contributed by atoms with Crippen molar-refractivity contribution in [2.75, 3.05) is 11.5 Å². The third-order valence-corrected chi connectivity index (χ3v) is 6.95. The minimum atomic E-state index is 0.452. The fourth-order valence-electron chi connectivity index (χ4n) is 2.33. The molecule has 15 heavy (non-hydrogen) atoms. The fourth-order valence-corrected chi connectivity index (χ4v) is 5.57. The van der Waals surface area contributed by atoms with E-state index in [0.717, 1.165) is 16.4 Å². The molecule has 1 nitrogen and oxygen atoms in total. The van der Waals surface area contributed by atoms with Gasteiger partial charge in [0.1, 0.15) is 0 Å². The van der Waals surface area contributed by atoms with Crippen LogP contribution >= 0.6 is 23.5 Å². The average molecular weight is 245 g/mol. The molecule has 0 radical (unpaired) electrons. The van der Waals surface area contributed by atoms with Crippen molar-refractivity contribution in [1.82, 2.24) is 0 Å². The Hall–Kier alpha value is 0.660. The minimum Gasteiger partial charge on any atom is -0.327 e. The Morgan fingerprint density at radius 2 is 2.00 bits per heavy atom. The predicted molar refractivity (Wildman–Crippen MR) is 72.7 cm³/mol. The van der Waals surface area contributed by atoms with Crippen molar-refractivity contribution in [2.24, 2.45) is 11.7 Å². The van der Waals surface area contributed by atoms with Crippen LogP contribution in [0.4, 0.5) is 0 Å². The Balaban J connectivity index is 1.76. The highest BCUT2D eigenvalue weighted by Gasteiger charge is 2.31. The highest BCUT2D eigenvalue weighted by molar-refractivity contribution is 8.07. The van der Waals surface area contributed by atoms with Gasteiger partial charge in [-0.2, -0.15) is 23.5 Å². The molecule has 88 valence electrons. The monoisotopic (exact) mass is 245 g/mol. The van der Waals surface area contributed by atoms with E-state index >= 15 is 0 Å². The number of thioether (sulfide) groups is 2. The van der Waals surface area contributed by atoms with Gasteiger partial charge in [-0.1, -0.05) is 19.8 Å². The highest BCUT2D eigenvalue weighted by atomic mass is 32.2. The first kappa shape index (κ1) is 12.1. The van der Waals surface area contributed by atoms with E-state index < -0.39 is 0 Å². The van der Waals surface area contributed by atoms with E-state index in [1.54, 1.807) is 0 Å². The third kappa shape index (κ3) is 3.57. The molecule has 3 heteroatoms. The first-order valence-electron chi connectivity index (χ1n) is 6.30. The summed E-state index contributed by atoms with van der Waals surface area (Å²) in [7, 11) is 0. The second-order valence-electron chi connectivity index (χ2n) is 4.84. The van der Waals surface area contributed by atoms with Gasteiger partial charge in [-0.25, -0.2) is 0 Å². The van der Waals surface area contributed by atoms with Crippen LogP contribution in [0.3, 0.4) is 0 Å². The van der Waals surface area contributed by atoms with Crippen LogP contribution in [0.25, 0.3) is 0 Å². The summed E-state index contributed by atoms with van der Waals surface area (Å²) in [6, 6.07) is 0.452. The number of rotatable bonds is 5. The predicted octanol–water partition coefficient (Wildman–Crippen LogP) is 3.13. The Kier molecular flexibility index (Phi) is 4.71. The second kappa shape index (κ2) is 5.83. The summed E-state index contributed by atoms with van der Waals surface area (Å²) >= 11 is 4.28. The van der Waals surface area contributed by atoms with Crippen LogP contribution in [0.15, 0.2) is 0 Å². The highest BCUT2D eigenvalue weighted by Crippen LogP contribution is 2.38. The van der Waals surface area contributed by atoms with E-state index in [1.165, 1.54) is 43.6 Å². The zero-order valence-corrected chi connectivity index (χ0v) is 11.3. The molecule has 2 fully saturated rings. The Labute approximate surface area is 102 Å². The van der Waals surface area contributed by atoms with E-state index in [-0.39, 0.29) is 0 Å². The molecule has 1 aliphatic heterocycles. The van der Waals surface area contributed by atoms with Gasteiger partial charge in [0.2, 0.25) is 0 Å². The zero-order chi connectivity index (χ0) is 10.7. The van der Waals surface area contributed by atoms with Crippen molar-refractivity contribution in [3.8, 4) is 0 Å². The summed E-state index contributed by atoms with van der Waals surface area (Å²) < 4.78 is 0. The quantitative estimate of drug-likeness (QED) is 0.806. The van der Waals surface area contributed by atoms with Gasteiger partial charge in [-0.3, -0.25) is 0 Å². The van der Waals surface area contributed by atoms with E-state index in [9.17, 15) is 0 Å². The molecule has 3 atom stereocenters. The molecule has 1 aliphatic carbocycles. The molecule has 2 N–H and O–H groups in total. The van der Waals surface area contributed by atoms with Gasteiger partial charge in [-0.05, 0) is 25.2 Å². The van der Waals surface area contributed by atoms with E-state index in [2.05, 4.69) is 30.4 Å². The Bertz CT molecular complexity index is 194. The van der Waals surface area contributed by atoms with Gasteiger partial charge < -0.3 is 5.73 Å². The van der Waals surface area contributed by atoms with Gasteiger partial charge in [0.25, 0.3) is 0 Å². The van der Waals surface area contributed by atoms with Gasteiger partial charge in [0.15, 0.2) is 0 Å². The average Bonchev–Trinajstić information content (AvgIpc) is 3.09. The Morgan fingerprint density at radius 3 is 2.67 bits per heavy atom. The van der Waals surface area contributed by atoms with Crippen LogP contribution in [0.2, 0.25) is 0 Å². The van der Waals surface area contributed by atoms with E-state index in [4.69, 9.17) is 5.73 Å². The van der Waals surface area contributed by atoms with Crippen LogP contribution in [0.5, 0.6) is 0 Å². The molecular formula is C12H23NS2. The van der Waals surface area contributed by atoms with E-state index in [1.807, 2.05) is 0 Å². The van der Waals surface area contributed by atoms with E-state index in [0.29, 0.717) is 6.04 Å². The largest absolute Gasteiger partial charge is 0.327 e. The Morgan fingerprint density at radius 1 is 1.27 bits per heavy atom. The molecule has 2 rings (SSSR count). The summed E-state index contributed by atoms with van der Waals surface area (Å²) in [6.45, 7) is 2.31. The topological polar surface area (TPSA) is 26.0 Å². The molecule has 2 aliphatic rings. The smallest absolute Gasteiger partial charge is 0.0317 e. The van der Waals surface area contributed by atoms with Gasteiger partial charge in [-0.15, -0.1) is 0 Å². The SMILES string of the molecule is CCC1SCCSC1C(N)CCC1CC1. The van der Waals surface area contributed by atoms with Crippen molar-refractivity contribution in [1.29, 1.82) is 0 Å². The van der Waals surface area contributed by atoms with Gasteiger partial charge >= 0.3 is 0 Å². The molecule has 0 bridgehead atoms. The molecule has 0 spiro atoms. The summed E-state index contributed by atoms with van der Waals surface area (Å²) in [4.78, 5) is 0. The normalized spacial score (nSPS) is 34.0. The lowest BCUT2D eigenvalue weighted by Gasteiger charge is -2.34. The molecule has 0 aromatic rings. The third-order valence-electron chi connectivity index (χ3n) is 3.52. The molecular weight excluding hydrogens is 222 g/mol.